The molecule has 31 heavy (non-hydrogen) atoms. The number of carbonyl (C=O) groups excluding carboxylic acids is 1. The lowest BCUT2D eigenvalue weighted by Gasteiger charge is -2.11. The molecule has 0 saturated heterocycles. The summed E-state index contributed by atoms with van der Waals surface area (Å²) in [6.45, 7) is 5.20. The molecule has 0 aliphatic rings. The number of carbonyl (C=O) groups is 1. The Kier molecular flexibility index (Phi) is 6.70. The average molecular weight is 447 g/mol. The predicted octanol–water partition coefficient (Wildman–Crippen LogP) is 4.37. The molecule has 162 valence electrons. The van der Waals surface area contributed by atoms with Crippen molar-refractivity contribution in [2.75, 3.05) is 6.61 Å². The van der Waals surface area contributed by atoms with Crippen LogP contribution in [0, 0.1) is 25.2 Å². The molecule has 3 rings (SSSR count). The van der Waals surface area contributed by atoms with Gasteiger partial charge in [0.1, 0.15) is 22.5 Å². The summed E-state index contributed by atoms with van der Waals surface area (Å²) in [6.07, 6.45) is -1.16. The third-order valence-electron chi connectivity index (χ3n) is 4.45. The van der Waals surface area contributed by atoms with Crippen molar-refractivity contribution in [3.63, 3.8) is 0 Å². The van der Waals surface area contributed by atoms with Crippen molar-refractivity contribution in [2.24, 2.45) is 7.05 Å². The molecule has 3 heterocycles. The third kappa shape index (κ3) is 4.59. The Morgan fingerprint density at radius 1 is 1.39 bits per heavy atom. The van der Waals surface area contributed by atoms with Crippen molar-refractivity contribution in [2.45, 2.75) is 38.0 Å². The van der Waals surface area contributed by atoms with Crippen LogP contribution in [0.15, 0.2) is 21.8 Å². The number of rotatable bonds is 7. The summed E-state index contributed by atoms with van der Waals surface area (Å²) in [5.74, 6) is -0.123. The Hall–Kier alpha value is -3.26. The number of nitriles is 1. The zero-order valence-corrected chi connectivity index (χ0v) is 18.1. The van der Waals surface area contributed by atoms with Crippen LogP contribution in [-0.4, -0.2) is 32.5 Å². The number of halogens is 2. The lowest BCUT2D eigenvalue weighted by molar-refractivity contribution is 0.0513. The van der Waals surface area contributed by atoms with Gasteiger partial charge in [0.25, 0.3) is 6.43 Å². The standard InChI is InChI=1S/C20H19F2N5O3S/c1-5-29-20(28)17-15(11(3)30-26-17)9-31-19-13(7-23)12(6-16(24-19)18(21)22)14-8-27(4)25-10(14)2/h6,8,18H,5,9H2,1-4H3. The highest BCUT2D eigenvalue weighted by Crippen LogP contribution is 2.36. The fraction of sp³-hybridized carbons (Fsp3) is 0.350. The third-order valence-corrected chi connectivity index (χ3v) is 5.45. The quantitative estimate of drug-likeness (QED) is 0.388. The van der Waals surface area contributed by atoms with Gasteiger partial charge in [-0.25, -0.2) is 18.6 Å². The minimum Gasteiger partial charge on any atom is -0.461 e. The fourth-order valence-electron chi connectivity index (χ4n) is 3.00. The molecule has 3 aromatic heterocycles. The van der Waals surface area contributed by atoms with Crippen molar-refractivity contribution in [3.8, 4) is 17.2 Å². The molecule has 0 spiro atoms. The monoisotopic (exact) mass is 447 g/mol. The molecule has 0 atom stereocenters. The van der Waals surface area contributed by atoms with Crippen molar-refractivity contribution in [3.05, 3.63) is 46.2 Å². The summed E-state index contributed by atoms with van der Waals surface area (Å²) in [5, 5.41) is 17.9. The van der Waals surface area contributed by atoms with Crippen LogP contribution in [0.4, 0.5) is 8.78 Å². The smallest absolute Gasteiger partial charge is 0.360 e. The first kappa shape index (κ1) is 22.4. The molecular formula is C20H19F2N5O3S. The highest BCUT2D eigenvalue weighted by Gasteiger charge is 2.24. The highest BCUT2D eigenvalue weighted by molar-refractivity contribution is 7.98. The van der Waals surface area contributed by atoms with Crippen LogP contribution < -0.4 is 0 Å². The number of hydrogen-bond acceptors (Lipinski definition) is 8. The number of aryl methyl sites for hydroxylation is 3. The number of alkyl halides is 2. The lowest BCUT2D eigenvalue weighted by atomic mass is 10.0. The maximum Gasteiger partial charge on any atom is 0.360 e. The number of esters is 1. The Bertz CT molecular complexity index is 1170. The molecule has 0 saturated carbocycles. The molecular weight excluding hydrogens is 428 g/mol. The number of aromatic nitrogens is 4. The Balaban J connectivity index is 2.05. The molecule has 11 heteroatoms. The molecule has 0 amide bonds. The average Bonchev–Trinajstić information content (AvgIpc) is 3.26. The molecule has 0 aromatic carbocycles. The van der Waals surface area contributed by atoms with Gasteiger partial charge in [0.2, 0.25) is 0 Å². The zero-order valence-electron chi connectivity index (χ0n) is 17.3. The van der Waals surface area contributed by atoms with Gasteiger partial charge >= 0.3 is 5.97 Å². The summed E-state index contributed by atoms with van der Waals surface area (Å²) < 4.78 is 38.7. The molecule has 0 unspecified atom stereocenters. The van der Waals surface area contributed by atoms with E-state index in [1.807, 2.05) is 0 Å². The van der Waals surface area contributed by atoms with E-state index in [2.05, 4.69) is 21.3 Å². The van der Waals surface area contributed by atoms with Crippen LogP contribution in [0.1, 0.15) is 52.1 Å². The highest BCUT2D eigenvalue weighted by atomic mass is 32.2. The van der Waals surface area contributed by atoms with Crippen molar-refractivity contribution in [1.29, 1.82) is 5.26 Å². The van der Waals surface area contributed by atoms with E-state index >= 15 is 0 Å². The van der Waals surface area contributed by atoms with Crippen LogP contribution in [-0.2, 0) is 17.5 Å². The van der Waals surface area contributed by atoms with Crippen LogP contribution in [0.3, 0.4) is 0 Å². The second kappa shape index (κ2) is 9.26. The summed E-state index contributed by atoms with van der Waals surface area (Å²) in [6, 6.07) is 3.29. The SMILES string of the molecule is CCOC(=O)c1noc(C)c1CSc1nc(C(F)F)cc(-c2cn(C)nc2C)c1C#N. The summed E-state index contributed by atoms with van der Waals surface area (Å²) in [5.41, 5.74) is 1.66. The summed E-state index contributed by atoms with van der Waals surface area (Å²) >= 11 is 1.04. The van der Waals surface area contributed by atoms with Gasteiger partial charge < -0.3 is 9.26 Å². The van der Waals surface area contributed by atoms with E-state index < -0.39 is 18.1 Å². The van der Waals surface area contributed by atoms with Gasteiger partial charge in [-0.2, -0.15) is 10.4 Å². The molecule has 0 aliphatic carbocycles. The van der Waals surface area contributed by atoms with E-state index in [0.29, 0.717) is 28.1 Å². The predicted molar refractivity (Wildman–Crippen MR) is 108 cm³/mol. The zero-order chi connectivity index (χ0) is 22.7. The van der Waals surface area contributed by atoms with E-state index in [-0.39, 0.29) is 28.6 Å². The van der Waals surface area contributed by atoms with Crippen LogP contribution >= 0.6 is 11.8 Å². The molecule has 0 bridgehead atoms. The van der Waals surface area contributed by atoms with Crippen LogP contribution in [0.2, 0.25) is 0 Å². The first-order valence-electron chi connectivity index (χ1n) is 9.25. The largest absolute Gasteiger partial charge is 0.461 e. The van der Waals surface area contributed by atoms with Crippen molar-refractivity contribution < 1.29 is 22.8 Å². The van der Waals surface area contributed by atoms with E-state index in [9.17, 15) is 18.8 Å². The van der Waals surface area contributed by atoms with Gasteiger partial charge in [-0.1, -0.05) is 5.16 Å². The van der Waals surface area contributed by atoms with E-state index in [0.717, 1.165) is 11.8 Å². The topological polar surface area (TPSA) is 107 Å². The maximum absolute atomic E-state index is 13.6. The second-order valence-electron chi connectivity index (χ2n) is 6.56. The molecule has 3 aromatic rings. The summed E-state index contributed by atoms with van der Waals surface area (Å²) in [7, 11) is 1.71. The fourth-order valence-corrected chi connectivity index (χ4v) is 4.09. The van der Waals surface area contributed by atoms with Gasteiger partial charge in [0.05, 0.1) is 17.9 Å². The Morgan fingerprint density at radius 3 is 2.71 bits per heavy atom. The Labute approximate surface area is 181 Å². The Morgan fingerprint density at radius 2 is 2.13 bits per heavy atom. The van der Waals surface area contributed by atoms with Gasteiger partial charge in [-0.3, -0.25) is 4.68 Å². The minimum absolute atomic E-state index is 0.0127. The number of nitrogens with zero attached hydrogens (tertiary/aromatic N) is 5. The molecule has 8 nitrogen and oxygen atoms in total. The van der Waals surface area contributed by atoms with Crippen molar-refractivity contribution >= 4 is 17.7 Å². The first-order valence-corrected chi connectivity index (χ1v) is 10.2. The molecule has 0 radical (unpaired) electrons. The maximum atomic E-state index is 13.6. The minimum atomic E-state index is -2.82. The van der Waals surface area contributed by atoms with Gasteiger partial charge in [-0.15, -0.1) is 11.8 Å². The molecule has 0 fully saturated rings. The van der Waals surface area contributed by atoms with Crippen LogP contribution in [0.25, 0.3) is 11.1 Å². The molecule has 0 N–H and O–H groups in total. The molecule has 0 aliphatic heterocycles. The number of thioether (sulfide) groups is 1. The second-order valence-corrected chi connectivity index (χ2v) is 7.53. The van der Waals surface area contributed by atoms with Crippen LogP contribution in [0.5, 0.6) is 0 Å². The first-order chi connectivity index (χ1) is 14.8. The number of pyridine rings is 1. The normalized spacial score (nSPS) is 11.0. The van der Waals surface area contributed by atoms with E-state index in [4.69, 9.17) is 9.26 Å². The van der Waals surface area contributed by atoms with Gasteiger partial charge in [0, 0.05) is 35.7 Å². The summed E-state index contributed by atoms with van der Waals surface area (Å²) in [4.78, 5) is 16.1. The van der Waals surface area contributed by atoms with E-state index in [1.165, 1.54) is 6.07 Å². The lowest BCUT2D eigenvalue weighted by Crippen LogP contribution is -2.08. The number of ether oxygens (including phenoxy) is 1. The van der Waals surface area contributed by atoms with E-state index in [1.54, 1.807) is 38.7 Å². The van der Waals surface area contributed by atoms with Gasteiger partial charge in [0.15, 0.2) is 5.69 Å². The van der Waals surface area contributed by atoms with Gasteiger partial charge in [-0.05, 0) is 26.8 Å². The van der Waals surface area contributed by atoms with Crippen molar-refractivity contribution in [1.82, 2.24) is 19.9 Å². The number of hydrogen-bond donors (Lipinski definition) is 0.